The van der Waals surface area contributed by atoms with Gasteiger partial charge < -0.3 is 14.4 Å². The van der Waals surface area contributed by atoms with E-state index in [4.69, 9.17) is 4.42 Å². The highest BCUT2D eigenvalue weighted by Crippen LogP contribution is 2.29. The van der Waals surface area contributed by atoms with E-state index in [0.717, 1.165) is 12.8 Å². The Morgan fingerprint density at radius 2 is 2.33 bits per heavy atom. The fourth-order valence-electron chi connectivity index (χ4n) is 3.16. The number of hydrogen-bond acceptors (Lipinski definition) is 4. The molecule has 1 fully saturated rings. The van der Waals surface area contributed by atoms with E-state index >= 15 is 0 Å². The van der Waals surface area contributed by atoms with Gasteiger partial charge in [-0.2, -0.15) is 0 Å². The third-order valence-electron chi connectivity index (χ3n) is 4.40. The molecule has 2 unspecified atom stereocenters. The molecule has 0 bridgehead atoms. The van der Waals surface area contributed by atoms with Crippen LogP contribution in [-0.2, 0) is 0 Å². The molecule has 128 valence electrons. The van der Waals surface area contributed by atoms with Gasteiger partial charge in [-0.15, -0.1) is 11.8 Å². The second kappa shape index (κ2) is 7.40. The predicted octanol–water partition coefficient (Wildman–Crippen LogP) is 3.87. The number of likely N-dealkylation sites (tertiary alicyclic amines) is 1. The van der Waals surface area contributed by atoms with Crippen molar-refractivity contribution >= 4 is 17.7 Å². The first-order chi connectivity index (χ1) is 11.6. The Bertz CT molecular complexity index is 704. The van der Waals surface area contributed by atoms with Gasteiger partial charge in [0, 0.05) is 29.5 Å². The summed E-state index contributed by atoms with van der Waals surface area (Å²) in [5, 5.41) is 10.3. The summed E-state index contributed by atoms with van der Waals surface area (Å²) in [6.07, 6.45) is 4.77. The molecule has 2 aromatic rings. The van der Waals surface area contributed by atoms with Gasteiger partial charge in [-0.3, -0.25) is 4.79 Å². The molecule has 24 heavy (non-hydrogen) atoms. The van der Waals surface area contributed by atoms with Crippen LogP contribution in [0.4, 0.5) is 4.39 Å². The van der Waals surface area contributed by atoms with Crippen LogP contribution >= 0.6 is 11.8 Å². The molecule has 1 amide bonds. The van der Waals surface area contributed by atoms with Crippen LogP contribution in [0.1, 0.15) is 41.5 Å². The Hall–Kier alpha value is -1.79. The molecule has 1 saturated heterocycles. The fraction of sp³-hybridized carbons (Fsp3) is 0.389. The molecule has 1 aromatic carbocycles. The minimum atomic E-state index is -0.728. The maximum atomic E-state index is 13.6. The average molecular weight is 349 g/mol. The number of hydrogen-bond donors (Lipinski definition) is 1. The molecule has 6 heteroatoms. The second-order valence-electron chi connectivity index (χ2n) is 5.91. The Morgan fingerprint density at radius 1 is 1.50 bits per heavy atom. The number of aliphatic hydroxyl groups excluding tert-OH is 1. The number of benzene rings is 1. The van der Waals surface area contributed by atoms with Crippen molar-refractivity contribution < 1.29 is 18.7 Å². The topological polar surface area (TPSA) is 53.7 Å². The quantitative estimate of drug-likeness (QED) is 0.833. The van der Waals surface area contributed by atoms with E-state index in [1.807, 2.05) is 0 Å². The van der Waals surface area contributed by atoms with Crippen LogP contribution in [0.3, 0.4) is 0 Å². The van der Waals surface area contributed by atoms with E-state index < -0.39 is 6.10 Å². The summed E-state index contributed by atoms with van der Waals surface area (Å²) < 4.78 is 18.9. The zero-order chi connectivity index (χ0) is 17.1. The maximum Gasteiger partial charge on any atom is 0.254 e. The van der Waals surface area contributed by atoms with Gasteiger partial charge in [-0.05, 0) is 49.4 Å². The normalized spacial score (nSPS) is 18.8. The van der Waals surface area contributed by atoms with Gasteiger partial charge in [-0.1, -0.05) is 0 Å². The molecule has 2 heterocycles. The van der Waals surface area contributed by atoms with Crippen molar-refractivity contribution in [2.45, 2.75) is 36.3 Å². The van der Waals surface area contributed by atoms with Crippen LogP contribution in [-0.4, -0.2) is 34.8 Å². The molecular formula is C18H20FNO3S. The zero-order valence-corrected chi connectivity index (χ0v) is 14.3. The standard InChI is InChI=1S/C18H20FNO3S/c1-24-17-10-12(6-7-14(17)19)18(22)20-8-2-4-13(20)11-15(21)16-5-3-9-23-16/h3,5-7,9-10,13,15,21H,2,4,8,11H2,1H3. The van der Waals surface area contributed by atoms with Crippen molar-refractivity contribution in [3.63, 3.8) is 0 Å². The van der Waals surface area contributed by atoms with Crippen molar-refractivity contribution in [2.24, 2.45) is 0 Å². The van der Waals surface area contributed by atoms with E-state index in [1.165, 1.54) is 30.2 Å². The number of amides is 1. The largest absolute Gasteiger partial charge is 0.467 e. The highest BCUT2D eigenvalue weighted by Gasteiger charge is 2.32. The SMILES string of the molecule is CSc1cc(C(=O)N2CCCC2CC(O)c2ccco2)ccc1F. The van der Waals surface area contributed by atoms with Gasteiger partial charge in [0.25, 0.3) is 5.91 Å². The zero-order valence-electron chi connectivity index (χ0n) is 13.4. The molecule has 1 N–H and O–H groups in total. The highest BCUT2D eigenvalue weighted by atomic mass is 32.2. The molecule has 2 atom stereocenters. The summed E-state index contributed by atoms with van der Waals surface area (Å²) in [6.45, 7) is 0.653. The highest BCUT2D eigenvalue weighted by molar-refractivity contribution is 7.98. The summed E-state index contributed by atoms with van der Waals surface area (Å²) in [4.78, 5) is 15.0. The number of nitrogens with zero attached hydrogens (tertiary/aromatic N) is 1. The summed E-state index contributed by atoms with van der Waals surface area (Å²) in [7, 11) is 0. The predicted molar refractivity (Wildman–Crippen MR) is 90.5 cm³/mol. The van der Waals surface area contributed by atoms with Crippen molar-refractivity contribution in [1.82, 2.24) is 4.90 Å². The molecule has 1 aliphatic heterocycles. The van der Waals surface area contributed by atoms with Crippen molar-refractivity contribution in [2.75, 3.05) is 12.8 Å². The maximum absolute atomic E-state index is 13.6. The molecule has 0 spiro atoms. The summed E-state index contributed by atoms with van der Waals surface area (Å²) in [5.74, 6) is 0.0884. The summed E-state index contributed by atoms with van der Waals surface area (Å²) >= 11 is 1.28. The van der Waals surface area contributed by atoms with Crippen LogP contribution in [0, 0.1) is 5.82 Å². The van der Waals surface area contributed by atoms with Crippen molar-refractivity contribution in [1.29, 1.82) is 0 Å². The van der Waals surface area contributed by atoms with Gasteiger partial charge in [-0.25, -0.2) is 4.39 Å². The van der Waals surface area contributed by atoms with Gasteiger partial charge in [0.15, 0.2) is 0 Å². The number of halogens is 1. The molecular weight excluding hydrogens is 329 g/mol. The van der Waals surface area contributed by atoms with Crippen LogP contribution in [0.5, 0.6) is 0 Å². The average Bonchev–Trinajstić information content (AvgIpc) is 3.26. The first-order valence-corrected chi connectivity index (χ1v) is 9.18. The van der Waals surface area contributed by atoms with Crippen LogP contribution < -0.4 is 0 Å². The number of carbonyl (C=O) groups is 1. The first kappa shape index (κ1) is 17.0. The molecule has 3 rings (SSSR count). The van der Waals surface area contributed by atoms with Gasteiger partial charge in [0.05, 0.1) is 6.26 Å². The monoisotopic (exact) mass is 349 g/mol. The molecule has 4 nitrogen and oxygen atoms in total. The molecule has 0 aliphatic carbocycles. The van der Waals surface area contributed by atoms with E-state index in [2.05, 4.69) is 0 Å². The molecule has 1 aromatic heterocycles. The smallest absolute Gasteiger partial charge is 0.254 e. The van der Waals surface area contributed by atoms with Gasteiger partial charge in [0.1, 0.15) is 17.7 Å². The summed E-state index contributed by atoms with van der Waals surface area (Å²) in [6, 6.07) is 7.88. The second-order valence-corrected chi connectivity index (χ2v) is 6.76. The lowest BCUT2D eigenvalue weighted by atomic mass is 10.0. The Balaban J connectivity index is 1.74. The van der Waals surface area contributed by atoms with Crippen molar-refractivity contribution in [3.05, 3.63) is 53.7 Å². The van der Waals surface area contributed by atoms with Crippen LogP contribution in [0.25, 0.3) is 0 Å². The third-order valence-corrected chi connectivity index (χ3v) is 5.16. The van der Waals surface area contributed by atoms with E-state index in [1.54, 1.807) is 29.4 Å². The van der Waals surface area contributed by atoms with E-state index in [9.17, 15) is 14.3 Å². The molecule has 1 aliphatic rings. The van der Waals surface area contributed by atoms with Crippen LogP contribution in [0.2, 0.25) is 0 Å². The first-order valence-electron chi connectivity index (χ1n) is 7.96. The number of rotatable bonds is 5. The number of furan rings is 1. The fourth-order valence-corrected chi connectivity index (χ4v) is 3.67. The number of aliphatic hydroxyl groups is 1. The Labute approximate surface area is 144 Å². The Morgan fingerprint density at radius 3 is 3.04 bits per heavy atom. The molecule has 0 radical (unpaired) electrons. The number of carbonyl (C=O) groups excluding carboxylic acids is 1. The number of thioether (sulfide) groups is 1. The van der Waals surface area contributed by atoms with E-state index in [-0.39, 0.29) is 17.8 Å². The van der Waals surface area contributed by atoms with Gasteiger partial charge >= 0.3 is 0 Å². The van der Waals surface area contributed by atoms with Crippen LogP contribution in [0.15, 0.2) is 45.9 Å². The lowest BCUT2D eigenvalue weighted by molar-refractivity contribution is 0.0641. The lowest BCUT2D eigenvalue weighted by Gasteiger charge is -2.26. The Kier molecular flexibility index (Phi) is 5.26. The summed E-state index contributed by atoms with van der Waals surface area (Å²) in [5.41, 5.74) is 0.486. The minimum Gasteiger partial charge on any atom is -0.467 e. The minimum absolute atomic E-state index is 0.0413. The van der Waals surface area contributed by atoms with Crippen molar-refractivity contribution in [3.8, 4) is 0 Å². The molecule has 0 saturated carbocycles. The van der Waals surface area contributed by atoms with E-state index in [0.29, 0.717) is 29.2 Å². The lowest BCUT2D eigenvalue weighted by Crippen LogP contribution is -2.36. The van der Waals surface area contributed by atoms with Gasteiger partial charge in [0.2, 0.25) is 0 Å². The third kappa shape index (κ3) is 3.49.